The molecule has 1 aromatic carbocycles. The summed E-state index contributed by atoms with van der Waals surface area (Å²) in [5.41, 5.74) is 0. The van der Waals surface area contributed by atoms with E-state index in [-0.39, 0.29) is 18.6 Å². The highest BCUT2D eigenvalue weighted by Crippen LogP contribution is 2.26. The molecule has 7 heteroatoms. The molecule has 2 aliphatic rings. The molecule has 7 nitrogen and oxygen atoms in total. The molecule has 1 atom stereocenters. The third-order valence-corrected chi connectivity index (χ3v) is 5.60. The van der Waals surface area contributed by atoms with Gasteiger partial charge in [-0.2, -0.15) is 4.98 Å². The fourth-order valence-electron chi connectivity index (χ4n) is 4.04. The second kappa shape index (κ2) is 9.08. The van der Waals surface area contributed by atoms with Crippen LogP contribution in [-0.4, -0.2) is 40.2 Å². The molecule has 1 aliphatic heterocycles. The summed E-state index contributed by atoms with van der Waals surface area (Å²) in [6.07, 6.45) is 7.82. The number of rotatable bonds is 5. The van der Waals surface area contributed by atoms with Gasteiger partial charge in [-0.05, 0) is 37.8 Å². The number of hydrogen-bond acceptors (Lipinski definition) is 5. The van der Waals surface area contributed by atoms with E-state index in [1.807, 2.05) is 35.2 Å². The van der Waals surface area contributed by atoms with Gasteiger partial charge in [0.05, 0.1) is 0 Å². The van der Waals surface area contributed by atoms with Gasteiger partial charge in [-0.3, -0.25) is 0 Å². The maximum Gasteiger partial charge on any atom is 0.317 e. The van der Waals surface area contributed by atoms with Gasteiger partial charge >= 0.3 is 6.03 Å². The van der Waals surface area contributed by atoms with Crippen LogP contribution in [0.1, 0.15) is 62.6 Å². The lowest BCUT2D eigenvalue weighted by atomic mass is 9.95. The van der Waals surface area contributed by atoms with E-state index in [9.17, 15) is 4.79 Å². The van der Waals surface area contributed by atoms with Crippen molar-refractivity contribution in [1.29, 1.82) is 0 Å². The first kappa shape index (κ1) is 18.8. The Morgan fingerprint density at radius 3 is 2.79 bits per heavy atom. The third kappa shape index (κ3) is 4.82. The average molecular weight is 384 g/mol. The van der Waals surface area contributed by atoms with Gasteiger partial charge in [-0.25, -0.2) is 4.79 Å². The minimum absolute atomic E-state index is 0.0488. The maximum atomic E-state index is 12.6. The molecular formula is C21H28N4O3. The zero-order chi connectivity index (χ0) is 19.2. The van der Waals surface area contributed by atoms with Crippen LogP contribution in [0.3, 0.4) is 0 Å². The first-order valence-corrected chi connectivity index (χ1v) is 10.3. The number of carbonyl (C=O) groups excluding carboxylic acids is 1. The SMILES string of the molecule is O=C(NC1CCCCC1)N1CCCC(c2noc(COc3ccccc3)n2)C1. The van der Waals surface area contributed by atoms with Crippen molar-refractivity contribution in [3.05, 3.63) is 42.0 Å². The third-order valence-electron chi connectivity index (χ3n) is 5.60. The minimum atomic E-state index is 0.0488. The summed E-state index contributed by atoms with van der Waals surface area (Å²) in [5, 5.41) is 7.34. The Balaban J connectivity index is 1.30. The molecule has 2 aromatic rings. The molecule has 0 spiro atoms. The number of piperidine rings is 1. The van der Waals surface area contributed by atoms with Crippen molar-refractivity contribution in [2.45, 2.75) is 63.5 Å². The minimum Gasteiger partial charge on any atom is -0.484 e. The number of para-hydroxylation sites is 1. The Kier molecular flexibility index (Phi) is 6.09. The molecule has 28 heavy (non-hydrogen) atoms. The van der Waals surface area contributed by atoms with Crippen LogP contribution in [0.5, 0.6) is 5.75 Å². The van der Waals surface area contributed by atoms with Crippen LogP contribution in [0.15, 0.2) is 34.9 Å². The molecule has 2 fully saturated rings. The molecule has 1 N–H and O–H groups in total. The molecule has 150 valence electrons. The van der Waals surface area contributed by atoms with E-state index >= 15 is 0 Å². The molecular weight excluding hydrogens is 356 g/mol. The summed E-state index contributed by atoms with van der Waals surface area (Å²) in [6, 6.07) is 9.94. The van der Waals surface area contributed by atoms with E-state index in [0.717, 1.165) is 38.0 Å². The molecule has 2 heterocycles. The number of urea groups is 1. The largest absolute Gasteiger partial charge is 0.484 e. The van der Waals surface area contributed by atoms with Crippen LogP contribution in [0.2, 0.25) is 0 Å². The Morgan fingerprint density at radius 1 is 1.14 bits per heavy atom. The Bertz CT molecular complexity index is 758. The second-order valence-corrected chi connectivity index (χ2v) is 7.72. The highest BCUT2D eigenvalue weighted by Gasteiger charge is 2.29. The van der Waals surface area contributed by atoms with Crippen LogP contribution >= 0.6 is 0 Å². The van der Waals surface area contributed by atoms with Crippen molar-refractivity contribution in [1.82, 2.24) is 20.4 Å². The lowest BCUT2D eigenvalue weighted by Crippen LogP contribution is -2.48. The van der Waals surface area contributed by atoms with Crippen LogP contribution in [-0.2, 0) is 6.61 Å². The number of amides is 2. The van der Waals surface area contributed by atoms with E-state index in [2.05, 4.69) is 15.5 Å². The number of hydrogen-bond donors (Lipinski definition) is 1. The lowest BCUT2D eigenvalue weighted by Gasteiger charge is -2.33. The first-order chi connectivity index (χ1) is 13.8. The van der Waals surface area contributed by atoms with Crippen molar-refractivity contribution in [3.8, 4) is 5.75 Å². The normalized spacial score (nSPS) is 20.7. The summed E-state index contributed by atoms with van der Waals surface area (Å²) in [4.78, 5) is 19.0. The fourth-order valence-corrected chi connectivity index (χ4v) is 4.04. The summed E-state index contributed by atoms with van der Waals surface area (Å²) in [6.45, 7) is 1.67. The first-order valence-electron chi connectivity index (χ1n) is 10.3. The van der Waals surface area contributed by atoms with Gasteiger partial charge in [0, 0.05) is 25.0 Å². The standard InChI is InChI=1S/C21H28N4O3/c26-21(22-17-9-3-1-4-10-17)25-13-7-8-16(14-25)20-23-19(28-24-20)15-27-18-11-5-2-6-12-18/h2,5-6,11-12,16-17H,1,3-4,7-10,13-15H2,(H,22,26). The number of aromatic nitrogens is 2. The van der Waals surface area contributed by atoms with Gasteiger partial charge in [0.2, 0.25) is 0 Å². The highest BCUT2D eigenvalue weighted by atomic mass is 16.5. The second-order valence-electron chi connectivity index (χ2n) is 7.72. The van der Waals surface area contributed by atoms with E-state index < -0.39 is 0 Å². The summed E-state index contributed by atoms with van der Waals surface area (Å²) < 4.78 is 11.0. The smallest absolute Gasteiger partial charge is 0.317 e. The van der Waals surface area contributed by atoms with Crippen LogP contribution < -0.4 is 10.1 Å². The Hall–Kier alpha value is -2.57. The zero-order valence-corrected chi connectivity index (χ0v) is 16.2. The summed E-state index contributed by atoms with van der Waals surface area (Å²) in [5.74, 6) is 2.01. The number of likely N-dealkylation sites (tertiary alicyclic amines) is 1. The van der Waals surface area contributed by atoms with Crippen LogP contribution in [0.25, 0.3) is 0 Å². The topological polar surface area (TPSA) is 80.5 Å². The average Bonchev–Trinajstić information content (AvgIpc) is 3.23. The van der Waals surface area contributed by atoms with Gasteiger partial charge in [-0.1, -0.05) is 42.6 Å². The molecule has 1 unspecified atom stereocenters. The zero-order valence-electron chi connectivity index (χ0n) is 16.2. The van der Waals surface area contributed by atoms with E-state index in [1.54, 1.807) is 0 Å². The van der Waals surface area contributed by atoms with Crippen molar-refractivity contribution in [2.24, 2.45) is 0 Å². The number of benzene rings is 1. The van der Waals surface area contributed by atoms with E-state index in [4.69, 9.17) is 9.26 Å². The van der Waals surface area contributed by atoms with Crippen LogP contribution in [0, 0.1) is 0 Å². The predicted molar refractivity (Wildman–Crippen MR) is 104 cm³/mol. The molecule has 1 saturated heterocycles. The molecule has 0 radical (unpaired) electrons. The van der Waals surface area contributed by atoms with Gasteiger partial charge in [-0.15, -0.1) is 0 Å². The van der Waals surface area contributed by atoms with Crippen molar-refractivity contribution in [2.75, 3.05) is 13.1 Å². The van der Waals surface area contributed by atoms with Gasteiger partial charge in [0.15, 0.2) is 12.4 Å². The van der Waals surface area contributed by atoms with Gasteiger partial charge < -0.3 is 19.5 Å². The highest BCUT2D eigenvalue weighted by molar-refractivity contribution is 5.74. The van der Waals surface area contributed by atoms with Crippen molar-refractivity contribution in [3.63, 3.8) is 0 Å². The molecule has 1 aliphatic carbocycles. The number of ether oxygens (including phenoxy) is 1. The van der Waals surface area contributed by atoms with Gasteiger partial charge in [0.25, 0.3) is 5.89 Å². The number of nitrogens with one attached hydrogen (secondary N) is 1. The van der Waals surface area contributed by atoms with E-state index in [1.165, 1.54) is 19.3 Å². The van der Waals surface area contributed by atoms with Crippen LogP contribution in [0.4, 0.5) is 4.79 Å². The molecule has 1 saturated carbocycles. The monoisotopic (exact) mass is 384 g/mol. The van der Waals surface area contributed by atoms with E-state index in [0.29, 0.717) is 24.3 Å². The fraction of sp³-hybridized carbons (Fsp3) is 0.571. The van der Waals surface area contributed by atoms with Gasteiger partial charge in [0.1, 0.15) is 5.75 Å². The molecule has 4 rings (SSSR count). The molecule has 2 amide bonds. The lowest BCUT2D eigenvalue weighted by molar-refractivity contribution is 0.171. The van der Waals surface area contributed by atoms with Crippen molar-refractivity contribution < 1.29 is 14.1 Å². The number of carbonyl (C=O) groups is 1. The maximum absolute atomic E-state index is 12.6. The van der Waals surface area contributed by atoms with Crippen molar-refractivity contribution >= 4 is 6.03 Å². The summed E-state index contributed by atoms with van der Waals surface area (Å²) >= 11 is 0. The molecule has 1 aromatic heterocycles. The Labute approximate surface area is 165 Å². The molecule has 0 bridgehead atoms. The predicted octanol–water partition coefficient (Wildman–Crippen LogP) is 3.87. The summed E-state index contributed by atoms with van der Waals surface area (Å²) in [7, 11) is 0. The Morgan fingerprint density at radius 2 is 1.96 bits per heavy atom. The quantitative estimate of drug-likeness (QED) is 0.846. The number of nitrogens with zero attached hydrogens (tertiary/aromatic N) is 3.